The normalized spacial score (nSPS) is 12.7. The molecule has 0 atom stereocenters. The Morgan fingerprint density at radius 1 is 0.223 bits per heavy atom. The van der Waals surface area contributed by atoms with E-state index in [1.807, 2.05) is 0 Å². The van der Waals surface area contributed by atoms with Crippen molar-refractivity contribution in [3.05, 3.63) is 405 Å². The van der Waals surface area contributed by atoms with E-state index >= 15 is 0 Å². The van der Waals surface area contributed by atoms with Crippen LogP contribution in [0.1, 0.15) is 79.0 Å². The van der Waals surface area contributed by atoms with Crippen molar-refractivity contribution < 1.29 is 0 Å². The largest absolute Gasteiger partial charge is 0.311 e. The summed E-state index contributed by atoms with van der Waals surface area (Å²) < 4.78 is 5.11. The van der Waals surface area contributed by atoms with Crippen LogP contribution in [0.15, 0.2) is 388 Å². The number of hydrogen-bond donors (Lipinski definition) is 0. The fourth-order valence-corrected chi connectivity index (χ4v) is 19.6. The fourth-order valence-electron chi connectivity index (χ4n) is 19.6. The third-order valence-corrected chi connectivity index (χ3v) is 25.1. The Hall–Kier alpha value is -14.0. The van der Waals surface area contributed by atoms with Gasteiger partial charge in [0.2, 0.25) is 0 Å². The van der Waals surface area contributed by atoms with E-state index in [1.165, 1.54) is 133 Å². The predicted octanol–water partition coefficient (Wildman–Crippen LogP) is 29.8. The summed E-state index contributed by atoms with van der Waals surface area (Å²) in [5.74, 6) is 0. The minimum atomic E-state index is -0.356. The highest BCUT2D eigenvalue weighted by Crippen LogP contribution is 2.54. The van der Waals surface area contributed by atoms with Gasteiger partial charge in [-0.05, 0) is 249 Å². The molecule has 0 fully saturated rings. The van der Waals surface area contributed by atoms with E-state index in [4.69, 9.17) is 0 Å². The zero-order chi connectivity index (χ0) is 82.0. The topological polar surface area (TPSA) is 16.3 Å². The second-order valence-electron chi connectivity index (χ2n) is 36.8. The van der Waals surface area contributed by atoms with Crippen LogP contribution in [0.4, 0.5) is 34.1 Å². The van der Waals surface area contributed by atoms with Gasteiger partial charge in [-0.3, -0.25) is 0 Å². The SMILES string of the molecule is CC(C)(C)Cc1cc(-c2ccccc2)c(N2c3cc(-n4c5ccc(-c6ccccc6)cc5c5cc(-c6ccccc6)ccc54)ccc3B3c4ccc(-n5c6ccc(-c7ccccc7)cc6c6cc(-c7ccccc7)ccc65)cc4N(c4cc(-c5ccccc5)c(CC(C)(C)C)cc4-c4ccccc4)c4cc(C(C)(C)C)cc2c43)cc1-c1ccccc1. The highest BCUT2D eigenvalue weighted by Gasteiger charge is 2.46. The lowest BCUT2D eigenvalue weighted by Gasteiger charge is -2.46. The molecule has 0 bridgehead atoms. The highest BCUT2D eigenvalue weighted by atomic mass is 15.2. The molecule has 0 aliphatic carbocycles. The van der Waals surface area contributed by atoms with Crippen LogP contribution >= 0.6 is 0 Å². The second-order valence-corrected chi connectivity index (χ2v) is 36.8. The lowest BCUT2D eigenvalue weighted by atomic mass is 9.33. The summed E-state index contributed by atoms with van der Waals surface area (Å²) in [7, 11) is 0. The monoisotopic (exact) mass is 1550 g/mol. The lowest BCUT2D eigenvalue weighted by Crippen LogP contribution is -2.61. The smallest absolute Gasteiger partial charge is 0.252 e. The third-order valence-electron chi connectivity index (χ3n) is 25.1. The van der Waals surface area contributed by atoms with Crippen LogP contribution in [-0.2, 0) is 18.3 Å². The minimum absolute atomic E-state index is 0.0367. The van der Waals surface area contributed by atoms with Gasteiger partial charge in [0.05, 0.1) is 33.4 Å². The molecule has 0 unspecified atom stereocenters. The Bertz CT molecular complexity index is 6590. The maximum atomic E-state index is 2.73. The number of anilines is 6. The van der Waals surface area contributed by atoms with E-state index in [9.17, 15) is 0 Å². The van der Waals surface area contributed by atoms with Gasteiger partial charge in [-0.25, -0.2) is 0 Å². The molecule has 121 heavy (non-hydrogen) atoms. The number of fused-ring (bicyclic) bond motifs is 10. The second kappa shape index (κ2) is 29.5. The number of hydrogen-bond acceptors (Lipinski definition) is 2. The first-order chi connectivity index (χ1) is 58.9. The van der Waals surface area contributed by atoms with Crippen LogP contribution in [0.25, 0.3) is 144 Å². The van der Waals surface area contributed by atoms with E-state index in [2.05, 4.69) is 469 Å². The molecule has 0 N–H and O–H groups in total. The van der Waals surface area contributed by atoms with Gasteiger partial charge in [-0.15, -0.1) is 0 Å². The molecule has 0 radical (unpaired) electrons. The zero-order valence-electron chi connectivity index (χ0n) is 70.2. The van der Waals surface area contributed by atoms with Crippen molar-refractivity contribution in [2.24, 2.45) is 10.8 Å². The first kappa shape index (κ1) is 74.5. The predicted molar refractivity (Wildman–Crippen MR) is 518 cm³/mol. The molecule has 2 aliphatic rings. The number of nitrogens with zero attached hydrogens (tertiary/aromatic N) is 4. The van der Waals surface area contributed by atoms with Crippen LogP contribution in [0.2, 0.25) is 0 Å². The van der Waals surface area contributed by atoms with Crippen LogP contribution in [0.5, 0.6) is 0 Å². The summed E-state index contributed by atoms with van der Waals surface area (Å²) in [5.41, 5.74) is 39.6. The molecular formula is C116H95BN4. The molecule has 17 aromatic carbocycles. The average molecular weight is 1560 g/mol. The van der Waals surface area contributed by atoms with Gasteiger partial charge in [0.15, 0.2) is 0 Å². The molecule has 19 aromatic rings. The van der Waals surface area contributed by atoms with Gasteiger partial charge < -0.3 is 18.9 Å². The Morgan fingerprint density at radius 3 is 0.769 bits per heavy atom. The highest BCUT2D eigenvalue weighted by molar-refractivity contribution is 7.00. The van der Waals surface area contributed by atoms with Gasteiger partial charge in [-0.1, -0.05) is 341 Å². The van der Waals surface area contributed by atoms with Crippen LogP contribution in [0, 0.1) is 10.8 Å². The van der Waals surface area contributed by atoms with E-state index in [-0.39, 0.29) is 23.0 Å². The van der Waals surface area contributed by atoms with Gasteiger partial charge in [-0.2, -0.15) is 0 Å². The average Bonchev–Trinajstić information content (AvgIpc) is 1.43. The quantitative estimate of drug-likeness (QED) is 0.101. The van der Waals surface area contributed by atoms with Crippen molar-refractivity contribution in [1.29, 1.82) is 0 Å². The maximum Gasteiger partial charge on any atom is 0.252 e. The number of benzene rings is 17. The Labute approximate surface area is 711 Å². The van der Waals surface area contributed by atoms with E-state index in [1.54, 1.807) is 0 Å². The van der Waals surface area contributed by atoms with Crippen molar-refractivity contribution in [1.82, 2.24) is 9.13 Å². The van der Waals surface area contributed by atoms with E-state index in [0.717, 1.165) is 91.5 Å². The molecular weight excluding hydrogens is 1460 g/mol. The summed E-state index contributed by atoms with van der Waals surface area (Å²) in [4.78, 5) is 5.47. The van der Waals surface area contributed by atoms with Gasteiger partial charge in [0.1, 0.15) is 0 Å². The van der Waals surface area contributed by atoms with E-state index in [0.29, 0.717) is 0 Å². The van der Waals surface area contributed by atoms with Gasteiger partial charge in [0.25, 0.3) is 6.71 Å². The Kier molecular flexibility index (Phi) is 18.2. The van der Waals surface area contributed by atoms with Crippen molar-refractivity contribution in [3.63, 3.8) is 0 Å². The number of rotatable bonds is 14. The standard InChI is InChI=1S/C116H95BN4/c1-114(2,3)74-88-66-95(82-46-30-16-31-47-82)107(72-93(88)80-42-26-14-27-43-80)120-109-70-91(118-103-58-50-84(76-34-18-10-19-35-76)62-97(103)98-63-85(51-59-104(98)118)77-36-20-11-21-37-77)54-56-101(109)117-102-57-55-92(119-105-60-52-86(78-38-22-12-23-39-78)64-99(105)100-65-87(53-61-106(100)119)79-40-24-13-25-41-79)71-110(102)121(112-69-90(116(7,8)9)68-111(120)113(112)117)108-73-94(81-44-28-15-29-45-81)89(75-115(4,5)6)67-96(108)83-48-32-17-33-49-83/h10-73H,74-75H2,1-9H3. The van der Waals surface area contributed by atoms with Gasteiger partial charge >= 0.3 is 0 Å². The van der Waals surface area contributed by atoms with Crippen molar-refractivity contribution in [2.75, 3.05) is 9.80 Å². The Balaban J connectivity index is 0.905. The molecule has 0 spiro atoms. The van der Waals surface area contributed by atoms with Crippen LogP contribution in [0.3, 0.4) is 0 Å². The van der Waals surface area contributed by atoms with Crippen LogP contribution < -0.4 is 26.2 Å². The maximum absolute atomic E-state index is 2.73. The molecule has 4 heterocycles. The first-order valence-corrected chi connectivity index (χ1v) is 42.9. The molecule has 4 nitrogen and oxygen atoms in total. The minimum Gasteiger partial charge on any atom is -0.311 e. The molecule has 0 saturated heterocycles. The molecule has 2 aromatic heterocycles. The molecule has 21 rings (SSSR count). The van der Waals surface area contributed by atoms with Crippen molar-refractivity contribution in [3.8, 4) is 100 Å². The summed E-state index contributed by atoms with van der Waals surface area (Å²) >= 11 is 0. The summed E-state index contributed by atoms with van der Waals surface area (Å²) in [6.45, 7) is 21.3. The summed E-state index contributed by atoms with van der Waals surface area (Å²) in [6, 6.07) is 147. The lowest BCUT2D eigenvalue weighted by molar-refractivity contribution is 0.411. The van der Waals surface area contributed by atoms with Crippen LogP contribution in [-0.4, -0.2) is 15.8 Å². The first-order valence-electron chi connectivity index (χ1n) is 42.9. The Morgan fingerprint density at radius 2 is 0.496 bits per heavy atom. The molecule has 0 saturated carbocycles. The number of aromatic nitrogens is 2. The fraction of sp³-hybridized carbons (Fsp3) is 0.121. The van der Waals surface area contributed by atoms with Gasteiger partial charge in [0, 0.05) is 66.8 Å². The molecule has 2 aliphatic heterocycles. The van der Waals surface area contributed by atoms with E-state index < -0.39 is 0 Å². The summed E-state index contributed by atoms with van der Waals surface area (Å²) in [5, 5.41) is 4.80. The molecule has 582 valence electrons. The zero-order valence-corrected chi connectivity index (χ0v) is 70.2. The van der Waals surface area contributed by atoms with Crippen molar-refractivity contribution in [2.45, 2.75) is 80.6 Å². The third kappa shape index (κ3) is 13.4. The van der Waals surface area contributed by atoms with Crippen molar-refractivity contribution >= 4 is 101 Å². The summed E-state index contributed by atoms with van der Waals surface area (Å²) in [6.07, 6.45) is 1.74. The molecule has 0 amide bonds. The molecule has 5 heteroatoms.